The molecule has 2 aromatic rings. The molecule has 35 heavy (non-hydrogen) atoms. The van der Waals surface area contributed by atoms with Crippen molar-refractivity contribution in [1.29, 1.82) is 0 Å². The van der Waals surface area contributed by atoms with Crippen LogP contribution in [0.2, 0.25) is 0 Å². The van der Waals surface area contributed by atoms with Crippen LogP contribution in [0.25, 0.3) is 5.57 Å². The molecule has 1 aliphatic carbocycles. The van der Waals surface area contributed by atoms with Gasteiger partial charge in [-0.25, -0.2) is 0 Å². The third-order valence-electron chi connectivity index (χ3n) is 6.80. The maximum atomic E-state index is 13.4. The lowest BCUT2D eigenvalue weighted by Gasteiger charge is -2.29. The highest BCUT2D eigenvalue weighted by atomic mass is 32.1. The standard InChI is InChI=1S/C28H35NO3S.C2H6/c1-19(28(31)33)16-17-29(18-20(2)22-12-14-26(32-4)15-13-22)21(3)27(30)25-10-8-24(9-11-25)23-6-5-7-23;1-2/h8-15,18-19,21,23H,5-7,16-17H2,1-4H3,(H,31,33);1-2H3/b20-18+;/t19-,21?;/m1./s1. The molecule has 0 saturated heterocycles. The number of carbonyl (C=O) groups is 2. The van der Waals surface area contributed by atoms with E-state index in [1.54, 1.807) is 7.11 Å². The SMILES string of the molecule is CC.COc1ccc(/C(C)=C/N(CC[C@@H](C)C(=O)S)C(C)C(=O)c2ccc(C3CCC3)cc2)cc1. The summed E-state index contributed by atoms with van der Waals surface area (Å²) in [7, 11) is 1.65. The van der Waals surface area contributed by atoms with E-state index in [9.17, 15) is 9.59 Å². The van der Waals surface area contributed by atoms with Crippen molar-refractivity contribution in [1.82, 2.24) is 4.90 Å². The van der Waals surface area contributed by atoms with Crippen LogP contribution in [-0.4, -0.2) is 35.5 Å². The summed E-state index contributed by atoms with van der Waals surface area (Å²) in [6.45, 7) is 10.4. The Hall–Kier alpha value is -2.53. The minimum Gasteiger partial charge on any atom is -0.497 e. The molecule has 3 rings (SSSR count). The van der Waals surface area contributed by atoms with Crippen LogP contribution in [0.1, 0.15) is 87.7 Å². The van der Waals surface area contributed by atoms with E-state index >= 15 is 0 Å². The van der Waals surface area contributed by atoms with Gasteiger partial charge in [0.2, 0.25) is 0 Å². The maximum absolute atomic E-state index is 13.4. The highest BCUT2D eigenvalue weighted by Crippen LogP contribution is 2.36. The molecule has 0 heterocycles. The molecule has 4 nitrogen and oxygen atoms in total. The van der Waals surface area contributed by atoms with Crippen LogP contribution in [-0.2, 0) is 4.79 Å². The predicted octanol–water partition coefficient (Wildman–Crippen LogP) is 7.41. The summed E-state index contributed by atoms with van der Waals surface area (Å²) < 4.78 is 5.26. The molecule has 0 aromatic heterocycles. The topological polar surface area (TPSA) is 46.6 Å². The van der Waals surface area contributed by atoms with Gasteiger partial charge in [0.1, 0.15) is 5.75 Å². The van der Waals surface area contributed by atoms with Gasteiger partial charge in [-0.15, -0.1) is 12.6 Å². The van der Waals surface area contributed by atoms with Gasteiger partial charge >= 0.3 is 0 Å². The number of nitrogens with zero attached hydrogens (tertiary/aromatic N) is 1. The lowest BCUT2D eigenvalue weighted by molar-refractivity contribution is -0.114. The number of methoxy groups -OCH3 is 1. The second-order valence-corrected chi connectivity index (χ2v) is 9.54. The second kappa shape index (κ2) is 14.1. The van der Waals surface area contributed by atoms with Crippen molar-refractivity contribution in [3.63, 3.8) is 0 Å². The smallest absolute Gasteiger partial charge is 0.188 e. The number of benzene rings is 2. The largest absolute Gasteiger partial charge is 0.497 e. The second-order valence-electron chi connectivity index (χ2n) is 9.10. The predicted molar refractivity (Wildman–Crippen MR) is 149 cm³/mol. The van der Waals surface area contributed by atoms with Crippen LogP contribution >= 0.6 is 12.6 Å². The van der Waals surface area contributed by atoms with E-state index in [1.807, 2.05) is 77.2 Å². The zero-order chi connectivity index (χ0) is 26.0. The van der Waals surface area contributed by atoms with E-state index < -0.39 is 0 Å². The van der Waals surface area contributed by atoms with E-state index in [0.717, 1.165) is 22.4 Å². The van der Waals surface area contributed by atoms with Gasteiger partial charge in [-0.1, -0.05) is 63.6 Å². The zero-order valence-corrected chi connectivity index (χ0v) is 23.0. The van der Waals surface area contributed by atoms with Crippen molar-refractivity contribution in [2.75, 3.05) is 13.7 Å². The fourth-order valence-corrected chi connectivity index (χ4v) is 4.20. The van der Waals surface area contributed by atoms with Crippen molar-refractivity contribution >= 4 is 29.1 Å². The van der Waals surface area contributed by atoms with Crippen molar-refractivity contribution in [3.05, 3.63) is 71.4 Å². The van der Waals surface area contributed by atoms with Crippen LogP contribution in [0.3, 0.4) is 0 Å². The summed E-state index contributed by atoms with van der Waals surface area (Å²) in [5.74, 6) is 1.37. The fourth-order valence-electron chi connectivity index (χ4n) is 4.07. The average Bonchev–Trinajstić information content (AvgIpc) is 2.86. The number of allylic oxidation sites excluding steroid dienone is 1. The summed E-state index contributed by atoms with van der Waals surface area (Å²) in [6, 6.07) is 15.7. The molecule has 190 valence electrons. The van der Waals surface area contributed by atoms with E-state index in [2.05, 4.69) is 29.7 Å². The number of ketones is 1. The van der Waals surface area contributed by atoms with E-state index in [1.165, 1.54) is 24.8 Å². The Morgan fingerprint density at radius 2 is 1.60 bits per heavy atom. The van der Waals surface area contributed by atoms with E-state index in [4.69, 9.17) is 4.74 Å². The van der Waals surface area contributed by atoms with Gasteiger partial charge in [0, 0.05) is 24.2 Å². The van der Waals surface area contributed by atoms with Gasteiger partial charge in [0.05, 0.1) is 13.2 Å². The van der Waals surface area contributed by atoms with Crippen LogP contribution in [0.5, 0.6) is 5.75 Å². The first-order valence-electron chi connectivity index (χ1n) is 12.8. The Balaban J connectivity index is 0.00000210. The lowest BCUT2D eigenvalue weighted by atomic mass is 9.80. The van der Waals surface area contributed by atoms with Gasteiger partial charge < -0.3 is 9.64 Å². The van der Waals surface area contributed by atoms with Crippen molar-refractivity contribution in [2.45, 2.75) is 72.3 Å². The van der Waals surface area contributed by atoms with Crippen LogP contribution in [0, 0.1) is 5.92 Å². The van der Waals surface area contributed by atoms with Crippen molar-refractivity contribution in [2.24, 2.45) is 5.92 Å². The molecule has 0 radical (unpaired) electrons. The van der Waals surface area contributed by atoms with Crippen molar-refractivity contribution in [3.8, 4) is 5.75 Å². The van der Waals surface area contributed by atoms with Crippen LogP contribution < -0.4 is 4.74 Å². The average molecular weight is 496 g/mol. The molecule has 0 amide bonds. The highest BCUT2D eigenvalue weighted by molar-refractivity contribution is 7.96. The zero-order valence-electron chi connectivity index (χ0n) is 22.1. The fraction of sp³-hybridized carbons (Fsp3) is 0.467. The first-order chi connectivity index (χ1) is 16.8. The number of rotatable bonds is 11. The summed E-state index contributed by atoms with van der Waals surface area (Å²) in [5, 5.41) is -0.128. The van der Waals surface area contributed by atoms with Crippen LogP contribution in [0.4, 0.5) is 0 Å². The Bertz CT molecular complexity index is 978. The Kier molecular flexibility index (Phi) is 11.6. The number of hydrogen-bond acceptors (Lipinski definition) is 4. The van der Waals surface area contributed by atoms with Gasteiger partial charge in [0.15, 0.2) is 10.9 Å². The molecular formula is C30H41NO3S. The van der Waals surface area contributed by atoms with Crippen LogP contribution in [0.15, 0.2) is 54.7 Å². The van der Waals surface area contributed by atoms with E-state index in [0.29, 0.717) is 18.9 Å². The summed E-state index contributed by atoms with van der Waals surface area (Å²) in [4.78, 5) is 27.1. The Morgan fingerprint density at radius 1 is 1.03 bits per heavy atom. The van der Waals surface area contributed by atoms with Gasteiger partial charge in [0.25, 0.3) is 0 Å². The van der Waals surface area contributed by atoms with Gasteiger partial charge in [-0.05, 0) is 67.9 Å². The molecule has 1 unspecified atom stereocenters. The monoisotopic (exact) mass is 495 g/mol. The molecule has 0 N–H and O–H groups in total. The number of Topliss-reactive ketones (excluding diaryl/α,β-unsaturated/α-hetero) is 1. The lowest BCUT2D eigenvalue weighted by Crippen LogP contribution is -2.37. The van der Waals surface area contributed by atoms with E-state index in [-0.39, 0.29) is 22.9 Å². The number of carbonyl (C=O) groups excluding carboxylic acids is 2. The van der Waals surface area contributed by atoms with Gasteiger partial charge in [-0.3, -0.25) is 9.59 Å². The molecule has 0 bridgehead atoms. The highest BCUT2D eigenvalue weighted by Gasteiger charge is 2.24. The first-order valence-corrected chi connectivity index (χ1v) is 13.2. The van der Waals surface area contributed by atoms with Gasteiger partial charge in [-0.2, -0.15) is 0 Å². The number of ether oxygens (including phenoxy) is 1. The molecular weight excluding hydrogens is 454 g/mol. The molecule has 5 heteroatoms. The molecule has 1 saturated carbocycles. The number of thiol groups is 1. The normalized spacial score (nSPS) is 15.2. The molecule has 2 atom stereocenters. The number of hydrogen-bond donors (Lipinski definition) is 1. The summed E-state index contributed by atoms with van der Waals surface area (Å²) in [5.41, 5.74) is 4.16. The molecule has 1 fully saturated rings. The minimum atomic E-state index is -0.352. The minimum absolute atomic E-state index is 0.0822. The molecule has 0 spiro atoms. The third kappa shape index (κ3) is 7.99. The maximum Gasteiger partial charge on any atom is 0.188 e. The molecule has 2 aromatic carbocycles. The molecule has 0 aliphatic heterocycles. The summed E-state index contributed by atoms with van der Waals surface area (Å²) >= 11 is 3.98. The third-order valence-corrected chi connectivity index (χ3v) is 7.24. The first kappa shape index (κ1) is 28.7. The quantitative estimate of drug-likeness (QED) is 0.260. The summed E-state index contributed by atoms with van der Waals surface area (Å²) in [6.07, 6.45) is 6.45. The van der Waals surface area contributed by atoms with Crippen molar-refractivity contribution < 1.29 is 14.3 Å². The Morgan fingerprint density at radius 3 is 2.09 bits per heavy atom. The Labute approximate surface area is 217 Å². The molecule has 1 aliphatic rings.